The summed E-state index contributed by atoms with van der Waals surface area (Å²) in [4.78, 5) is 0. The van der Waals surface area contributed by atoms with E-state index in [9.17, 15) is 10.2 Å². The number of hydrogen-bond acceptors (Lipinski definition) is 2. The highest BCUT2D eigenvalue weighted by molar-refractivity contribution is 4.95. The molecule has 0 aromatic rings. The lowest BCUT2D eigenvalue weighted by atomic mass is 9.75. The quantitative estimate of drug-likeness (QED) is 0.803. The molecule has 96 valence electrons. The number of aliphatic hydroxyl groups is 1. The van der Waals surface area contributed by atoms with Gasteiger partial charge in [0.2, 0.25) is 0 Å². The average Bonchev–Trinajstić information content (AvgIpc) is 2.30. The maximum Gasteiger partial charge on any atom is 0.0522 e. The van der Waals surface area contributed by atoms with Crippen LogP contribution in [0, 0.1) is 23.7 Å². The summed E-state index contributed by atoms with van der Waals surface area (Å²) in [7, 11) is 0. The van der Waals surface area contributed by atoms with Gasteiger partial charge >= 0.3 is 0 Å². The summed E-state index contributed by atoms with van der Waals surface area (Å²) in [6.07, 6.45) is 1.86. The lowest BCUT2D eigenvalue weighted by Crippen LogP contribution is -2.58. The predicted molar refractivity (Wildman–Crippen MR) is 64.9 cm³/mol. The Balaban J connectivity index is 2.74. The highest BCUT2D eigenvalue weighted by Crippen LogP contribution is 2.45. The second-order valence-corrected chi connectivity index (χ2v) is 6.70. The van der Waals surface area contributed by atoms with Gasteiger partial charge in [0.05, 0.1) is 5.60 Å². The van der Waals surface area contributed by atoms with Gasteiger partial charge in [-0.25, -0.2) is 0 Å². The van der Waals surface area contributed by atoms with Crippen molar-refractivity contribution in [1.82, 2.24) is 0 Å². The Morgan fingerprint density at radius 1 is 1.12 bits per heavy atom. The Hall–Kier alpha value is -0.0800. The van der Waals surface area contributed by atoms with Gasteiger partial charge < -0.3 is 10.2 Å². The van der Waals surface area contributed by atoms with Crippen molar-refractivity contribution in [2.75, 3.05) is 0 Å². The van der Waals surface area contributed by atoms with E-state index < -0.39 is 11.2 Å². The summed E-state index contributed by atoms with van der Waals surface area (Å²) in [6.45, 7) is 11.6. The van der Waals surface area contributed by atoms with Crippen LogP contribution >= 0.6 is 0 Å². The Kier molecular flexibility index (Phi) is 3.76. The summed E-state index contributed by atoms with van der Waals surface area (Å²) < 4.78 is 0. The normalized spacial score (nSPS) is 39.8. The molecular weight excluding hydrogens is 200 g/mol. The first-order valence-electron chi connectivity index (χ1n) is 6.49. The number of rotatable bonds is 3. The summed E-state index contributed by atoms with van der Waals surface area (Å²) in [5.41, 5.74) is -2.39. The molecule has 5 atom stereocenters. The van der Waals surface area contributed by atoms with Gasteiger partial charge in [0.25, 0.3) is 0 Å². The third-order valence-electron chi connectivity index (χ3n) is 4.98. The first-order chi connectivity index (χ1) is 7.06. The molecule has 0 amide bonds. The SMILES string of the molecule is CC1C[C@H](C)C(CC(C)(O)C(C)(C)[O-])C1C. The van der Waals surface area contributed by atoms with E-state index in [0.717, 1.165) is 0 Å². The molecule has 1 aliphatic carbocycles. The molecule has 4 unspecified atom stereocenters. The minimum Gasteiger partial charge on any atom is -0.848 e. The second kappa shape index (κ2) is 4.30. The van der Waals surface area contributed by atoms with Crippen molar-refractivity contribution in [3.63, 3.8) is 0 Å². The van der Waals surface area contributed by atoms with Crippen molar-refractivity contribution >= 4 is 0 Å². The highest BCUT2D eigenvalue weighted by Gasteiger charge is 2.41. The molecular formula is C14H27O2-. The molecule has 2 heteroatoms. The molecule has 0 heterocycles. The molecule has 0 aromatic heterocycles. The van der Waals surface area contributed by atoms with Gasteiger partial charge in [-0.15, -0.1) is 0 Å². The Bertz CT molecular complexity index is 240. The number of hydrogen-bond donors (Lipinski definition) is 1. The molecule has 16 heavy (non-hydrogen) atoms. The van der Waals surface area contributed by atoms with E-state index in [4.69, 9.17) is 0 Å². The van der Waals surface area contributed by atoms with Gasteiger partial charge in [-0.1, -0.05) is 40.2 Å². The van der Waals surface area contributed by atoms with Gasteiger partial charge in [-0.2, -0.15) is 0 Å². The third-order valence-corrected chi connectivity index (χ3v) is 4.98. The van der Waals surface area contributed by atoms with Crippen LogP contribution in [-0.2, 0) is 0 Å². The first-order valence-corrected chi connectivity index (χ1v) is 6.49. The Labute approximate surface area is 100 Å². The molecule has 0 saturated heterocycles. The van der Waals surface area contributed by atoms with Gasteiger partial charge in [0.15, 0.2) is 0 Å². The minimum atomic E-state index is -1.28. The summed E-state index contributed by atoms with van der Waals surface area (Å²) in [6, 6.07) is 0. The van der Waals surface area contributed by atoms with E-state index in [1.54, 1.807) is 20.8 Å². The van der Waals surface area contributed by atoms with Crippen LogP contribution in [0.3, 0.4) is 0 Å². The fourth-order valence-corrected chi connectivity index (χ4v) is 3.01. The molecule has 0 radical (unpaired) electrons. The molecule has 1 saturated carbocycles. The zero-order chi connectivity index (χ0) is 12.7. The lowest BCUT2D eigenvalue weighted by Gasteiger charge is -2.48. The molecule has 0 spiro atoms. The van der Waals surface area contributed by atoms with Crippen molar-refractivity contribution < 1.29 is 10.2 Å². The molecule has 1 fully saturated rings. The summed E-state index contributed by atoms with van der Waals surface area (Å²) in [5.74, 6) is 2.44. The van der Waals surface area contributed by atoms with Crippen molar-refractivity contribution in [3.05, 3.63) is 0 Å². The first kappa shape index (κ1) is 14.0. The van der Waals surface area contributed by atoms with E-state index in [2.05, 4.69) is 20.8 Å². The molecule has 0 aliphatic heterocycles. The molecule has 0 bridgehead atoms. The van der Waals surface area contributed by atoms with Crippen molar-refractivity contribution in [3.8, 4) is 0 Å². The van der Waals surface area contributed by atoms with Gasteiger partial charge in [0.1, 0.15) is 0 Å². The lowest BCUT2D eigenvalue weighted by molar-refractivity contribution is -0.501. The van der Waals surface area contributed by atoms with Crippen LogP contribution in [0.4, 0.5) is 0 Å². The monoisotopic (exact) mass is 227 g/mol. The van der Waals surface area contributed by atoms with Gasteiger partial charge in [0, 0.05) is 0 Å². The molecule has 2 nitrogen and oxygen atoms in total. The van der Waals surface area contributed by atoms with Crippen LogP contribution in [0.1, 0.15) is 54.4 Å². The van der Waals surface area contributed by atoms with Crippen molar-refractivity contribution in [2.24, 2.45) is 23.7 Å². The summed E-state index contributed by atoms with van der Waals surface area (Å²) >= 11 is 0. The topological polar surface area (TPSA) is 43.3 Å². The predicted octanol–water partition coefficient (Wildman–Crippen LogP) is 2.19. The fourth-order valence-electron chi connectivity index (χ4n) is 3.01. The zero-order valence-electron chi connectivity index (χ0n) is 11.6. The minimum absolute atomic E-state index is 0.484. The zero-order valence-corrected chi connectivity index (χ0v) is 11.6. The van der Waals surface area contributed by atoms with E-state index in [0.29, 0.717) is 30.1 Å². The van der Waals surface area contributed by atoms with Gasteiger partial charge in [-0.05, 0) is 43.4 Å². The fraction of sp³-hybridized carbons (Fsp3) is 1.00. The Morgan fingerprint density at radius 3 is 1.94 bits per heavy atom. The third kappa shape index (κ3) is 2.60. The average molecular weight is 227 g/mol. The van der Waals surface area contributed by atoms with Crippen LogP contribution < -0.4 is 5.11 Å². The molecule has 0 aromatic carbocycles. The van der Waals surface area contributed by atoms with Crippen molar-refractivity contribution in [2.45, 2.75) is 65.6 Å². The smallest absolute Gasteiger partial charge is 0.0522 e. The molecule has 1 rings (SSSR count). The van der Waals surface area contributed by atoms with Crippen LogP contribution in [0.25, 0.3) is 0 Å². The molecule has 1 N–H and O–H groups in total. The second-order valence-electron chi connectivity index (χ2n) is 6.70. The van der Waals surface area contributed by atoms with E-state index in [1.165, 1.54) is 6.42 Å². The van der Waals surface area contributed by atoms with Crippen LogP contribution in [0.15, 0.2) is 0 Å². The molecule has 1 aliphatic rings. The van der Waals surface area contributed by atoms with Crippen LogP contribution in [0.2, 0.25) is 0 Å². The summed E-state index contributed by atoms with van der Waals surface area (Å²) in [5, 5.41) is 22.3. The standard InChI is InChI=1S/C14H27O2/c1-9-7-10(2)12(11(9)3)8-14(6,16)13(4,5)15/h9-12,16H,7-8H2,1-6H3/q-1/t9?,10-,11?,12?,14?/m0/s1. The van der Waals surface area contributed by atoms with E-state index in [-0.39, 0.29) is 0 Å². The van der Waals surface area contributed by atoms with Crippen LogP contribution in [0.5, 0.6) is 0 Å². The van der Waals surface area contributed by atoms with E-state index in [1.807, 2.05) is 0 Å². The Morgan fingerprint density at radius 2 is 1.62 bits per heavy atom. The maximum atomic E-state index is 12.0. The maximum absolute atomic E-state index is 12.0. The van der Waals surface area contributed by atoms with E-state index >= 15 is 0 Å². The van der Waals surface area contributed by atoms with Crippen LogP contribution in [-0.4, -0.2) is 16.3 Å². The largest absolute Gasteiger partial charge is 0.848 e. The highest BCUT2D eigenvalue weighted by atomic mass is 16.4. The van der Waals surface area contributed by atoms with Gasteiger partial charge in [-0.3, -0.25) is 0 Å². The van der Waals surface area contributed by atoms with Crippen molar-refractivity contribution in [1.29, 1.82) is 0 Å².